The molecule has 0 aliphatic carbocycles. The smallest absolute Gasteiger partial charge is 0.290 e. The van der Waals surface area contributed by atoms with Gasteiger partial charge < -0.3 is 14.3 Å². The van der Waals surface area contributed by atoms with Crippen molar-refractivity contribution in [2.75, 3.05) is 6.54 Å². The van der Waals surface area contributed by atoms with Gasteiger partial charge in [-0.1, -0.05) is 6.07 Å². The number of hydrogen-bond donors (Lipinski definition) is 1. The van der Waals surface area contributed by atoms with Crippen LogP contribution >= 0.6 is 0 Å². The maximum atomic E-state index is 13.1. The Morgan fingerprint density at radius 2 is 2.29 bits per heavy atom. The molecular weight excluding hydrogens is 304 g/mol. The second kappa shape index (κ2) is 5.63. The quantitative estimate of drug-likeness (QED) is 0.787. The number of aromatic nitrogens is 3. The van der Waals surface area contributed by atoms with Crippen molar-refractivity contribution in [3.8, 4) is 0 Å². The number of furan rings is 1. The Balaban J connectivity index is 1.77. The molecule has 1 atom stereocenters. The van der Waals surface area contributed by atoms with Crippen molar-refractivity contribution in [1.82, 2.24) is 19.9 Å². The van der Waals surface area contributed by atoms with E-state index in [4.69, 9.17) is 4.42 Å². The molecule has 4 rings (SSSR count). The van der Waals surface area contributed by atoms with Crippen molar-refractivity contribution < 1.29 is 9.21 Å². The standard InChI is InChI=1S/C18H18N4O2/c1-11-8-15(24-12(11)2)18(23)22-7-5-14-16(21-10-20-14)17(22)13-4-3-6-19-9-13/h3-4,6,8-10,17H,5,7H2,1-2H3,(H,20,21). The van der Waals surface area contributed by atoms with Gasteiger partial charge in [-0.05, 0) is 37.1 Å². The van der Waals surface area contributed by atoms with E-state index in [2.05, 4.69) is 15.0 Å². The van der Waals surface area contributed by atoms with Gasteiger partial charge in [0.15, 0.2) is 5.76 Å². The fourth-order valence-electron chi connectivity index (χ4n) is 3.19. The molecule has 6 nitrogen and oxygen atoms in total. The van der Waals surface area contributed by atoms with Gasteiger partial charge in [0.2, 0.25) is 0 Å². The van der Waals surface area contributed by atoms with Crippen LogP contribution in [0.4, 0.5) is 0 Å². The molecule has 24 heavy (non-hydrogen) atoms. The van der Waals surface area contributed by atoms with Crippen LogP contribution in [0, 0.1) is 13.8 Å². The van der Waals surface area contributed by atoms with Crippen LogP contribution < -0.4 is 0 Å². The van der Waals surface area contributed by atoms with Crippen molar-refractivity contribution in [1.29, 1.82) is 0 Å². The Morgan fingerprint density at radius 1 is 1.42 bits per heavy atom. The summed E-state index contributed by atoms with van der Waals surface area (Å²) in [6.45, 7) is 4.41. The molecule has 1 unspecified atom stereocenters. The molecule has 1 N–H and O–H groups in total. The lowest BCUT2D eigenvalue weighted by Gasteiger charge is -2.34. The molecular formula is C18H18N4O2. The first-order valence-corrected chi connectivity index (χ1v) is 7.95. The number of carbonyl (C=O) groups excluding carboxylic acids is 1. The molecule has 0 fully saturated rings. The van der Waals surface area contributed by atoms with Gasteiger partial charge in [-0.3, -0.25) is 9.78 Å². The number of carbonyl (C=O) groups is 1. The van der Waals surface area contributed by atoms with E-state index >= 15 is 0 Å². The fourth-order valence-corrected chi connectivity index (χ4v) is 3.19. The van der Waals surface area contributed by atoms with Crippen LogP contribution in [0.5, 0.6) is 0 Å². The molecule has 3 aromatic heterocycles. The van der Waals surface area contributed by atoms with E-state index in [9.17, 15) is 4.79 Å². The largest absolute Gasteiger partial charge is 0.456 e. The van der Waals surface area contributed by atoms with Gasteiger partial charge in [0.25, 0.3) is 5.91 Å². The molecule has 0 aromatic carbocycles. The lowest BCUT2D eigenvalue weighted by atomic mass is 9.96. The Bertz CT molecular complexity index is 862. The number of aromatic amines is 1. The molecule has 0 saturated heterocycles. The molecule has 0 saturated carbocycles. The van der Waals surface area contributed by atoms with Gasteiger partial charge in [0.1, 0.15) is 11.8 Å². The minimum absolute atomic E-state index is 0.117. The minimum Gasteiger partial charge on any atom is -0.456 e. The summed E-state index contributed by atoms with van der Waals surface area (Å²) in [4.78, 5) is 26.7. The van der Waals surface area contributed by atoms with Crippen molar-refractivity contribution in [3.05, 3.63) is 71.0 Å². The molecule has 122 valence electrons. The second-order valence-electron chi connectivity index (χ2n) is 6.05. The van der Waals surface area contributed by atoms with Gasteiger partial charge in [-0.25, -0.2) is 4.98 Å². The van der Waals surface area contributed by atoms with Gasteiger partial charge in [0, 0.05) is 31.1 Å². The summed E-state index contributed by atoms with van der Waals surface area (Å²) < 4.78 is 5.65. The van der Waals surface area contributed by atoms with Crippen molar-refractivity contribution >= 4 is 5.91 Å². The van der Waals surface area contributed by atoms with Crippen LogP contribution in [-0.2, 0) is 6.42 Å². The van der Waals surface area contributed by atoms with E-state index in [0.717, 1.165) is 34.7 Å². The highest BCUT2D eigenvalue weighted by Gasteiger charge is 2.35. The van der Waals surface area contributed by atoms with E-state index in [0.29, 0.717) is 12.3 Å². The zero-order valence-corrected chi connectivity index (χ0v) is 13.6. The number of rotatable bonds is 2. The average molecular weight is 322 g/mol. The number of nitrogens with one attached hydrogen (secondary N) is 1. The second-order valence-corrected chi connectivity index (χ2v) is 6.05. The molecule has 1 aliphatic rings. The van der Waals surface area contributed by atoms with Crippen molar-refractivity contribution in [3.63, 3.8) is 0 Å². The number of hydrogen-bond acceptors (Lipinski definition) is 4. The average Bonchev–Trinajstić information content (AvgIpc) is 3.21. The Labute approximate surface area is 139 Å². The molecule has 1 aliphatic heterocycles. The number of fused-ring (bicyclic) bond motifs is 1. The van der Waals surface area contributed by atoms with E-state index < -0.39 is 0 Å². The number of pyridine rings is 1. The summed E-state index contributed by atoms with van der Waals surface area (Å²) in [7, 11) is 0. The third-order valence-electron chi connectivity index (χ3n) is 4.56. The van der Waals surface area contributed by atoms with Crippen molar-refractivity contribution in [2.45, 2.75) is 26.3 Å². The summed E-state index contributed by atoms with van der Waals surface area (Å²) >= 11 is 0. The SMILES string of the molecule is Cc1cc(C(=O)N2CCc3[nH]cnc3C2c2cccnc2)oc1C. The van der Waals surface area contributed by atoms with Gasteiger partial charge >= 0.3 is 0 Å². The predicted molar refractivity (Wildman–Crippen MR) is 87.6 cm³/mol. The van der Waals surface area contributed by atoms with Gasteiger partial charge in [-0.15, -0.1) is 0 Å². The zero-order valence-electron chi connectivity index (χ0n) is 13.6. The van der Waals surface area contributed by atoms with Crippen LogP contribution in [0.15, 0.2) is 41.3 Å². The third kappa shape index (κ3) is 2.31. The minimum atomic E-state index is -0.257. The van der Waals surface area contributed by atoms with E-state index in [1.54, 1.807) is 24.8 Å². The number of imidazole rings is 1. The van der Waals surface area contributed by atoms with Crippen LogP contribution in [0.25, 0.3) is 0 Å². The maximum absolute atomic E-state index is 13.1. The Hall–Kier alpha value is -2.89. The first kappa shape index (κ1) is 14.7. The maximum Gasteiger partial charge on any atom is 0.290 e. The van der Waals surface area contributed by atoms with Gasteiger partial charge in [-0.2, -0.15) is 0 Å². The molecule has 6 heteroatoms. The number of amides is 1. The summed E-state index contributed by atoms with van der Waals surface area (Å²) in [5.41, 5.74) is 3.87. The summed E-state index contributed by atoms with van der Waals surface area (Å²) in [5, 5.41) is 0. The van der Waals surface area contributed by atoms with Crippen molar-refractivity contribution in [2.24, 2.45) is 0 Å². The van der Waals surface area contributed by atoms with Crippen LogP contribution in [0.3, 0.4) is 0 Å². The lowest BCUT2D eigenvalue weighted by molar-refractivity contribution is 0.0656. The molecule has 0 spiro atoms. The van der Waals surface area contributed by atoms with Crippen LogP contribution in [0.1, 0.15) is 44.9 Å². The molecule has 3 aromatic rings. The predicted octanol–water partition coefficient (Wildman–Crippen LogP) is 2.80. The van der Waals surface area contributed by atoms with E-state index in [1.165, 1.54) is 0 Å². The van der Waals surface area contributed by atoms with E-state index in [-0.39, 0.29) is 11.9 Å². The fraction of sp³-hybridized carbons (Fsp3) is 0.278. The number of aryl methyl sites for hydroxylation is 2. The topological polar surface area (TPSA) is 75.0 Å². The van der Waals surface area contributed by atoms with Gasteiger partial charge in [0.05, 0.1) is 12.0 Å². The van der Waals surface area contributed by atoms with Crippen LogP contribution in [-0.4, -0.2) is 32.3 Å². The molecule has 0 radical (unpaired) electrons. The highest BCUT2D eigenvalue weighted by Crippen LogP contribution is 2.34. The van der Waals surface area contributed by atoms with Crippen LogP contribution in [0.2, 0.25) is 0 Å². The number of H-pyrrole nitrogens is 1. The monoisotopic (exact) mass is 322 g/mol. The third-order valence-corrected chi connectivity index (χ3v) is 4.56. The molecule has 1 amide bonds. The van der Waals surface area contributed by atoms with E-state index in [1.807, 2.05) is 30.9 Å². The lowest BCUT2D eigenvalue weighted by Crippen LogP contribution is -2.40. The Kier molecular flexibility index (Phi) is 3.45. The highest BCUT2D eigenvalue weighted by molar-refractivity contribution is 5.92. The first-order chi connectivity index (χ1) is 11.6. The summed E-state index contributed by atoms with van der Waals surface area (Å²) in [6, 6.07) is 5.39. The Morgan fingerprint density at radius 3 is 3.00 bits per heavy atom. The zero-order chi connectivity index (χ0) is 16.7. The molecule has 4 heterocycles. The highest BCUT2D eigenvalue weighted by atomic mass is 16.4. The molecule has 0 bridgehead atoms. The summed E-state index contributed by atoms with van der Waals surface area (Å²) in [6.07, 6.45) is 5.94. The summed E-state index contributed by atoms with van der Waals surface area (Å²) in [5.74, 6) is 1.03. The first-order valence-electron chi connectivity index (χ1n) is 7.95. The normalized spacial score (nSPS) is 16.9. The number of nitrogens with zero attached hydrogens (tertiary/aromatic N) is 3.